The van der Waals surface area contributed by atoms with E-state index in [0.717, 1.165) is 50.9 Å². The van der Waals surface area contributed by atoms with E-state index in [1.54, 1.807) is 6.07 Å². The third-order valence-corrected chi connectivity index (χ3v) is 4.34. The van der Waals surface area contributed by atoms with E-state index in [1.165, 1.54) is 6.07 Å². The molecule has 2 rings (SSSR count). The van der Waals surface area contributed by atoms with Gasteiger partial charge in [0.1, 0.15) is 5.82 Å². The van der Waals surface area contributed by atoms with Crippen LogP contribution in [0.3, 0.4) is 0 Å². The molecule has 0 amide bonds. The standard InChI is InChI=1S/C17H27FN2O/c1-2-10-19-17(15-7-3-4-8-16(15)18)9-12-20-11-5-6-14(20)13-21/h3-4,7-8,14,17,19,21H,2,5-6,9-13H2,1H3. The van der Waals surface area contributed by atoms with E-state index in [4.69, 9.17) is 0 Å². The van der Waals surface area contributed by atoms with Crippen molar-refractivity contribution in [2.75, 3.05) is 26.2 Å². The number of halogens is 1. The summed E-state index contributed by atoms with van der Waals surface area (Å²) < 4.78 is 14.0. The number of hydrogen-bond donors (Lipinski definition) is 2. The lowest BCUT2D eigenvalue weighted by Crippen LogP contribution is -2.35. The highest BCUT2D eigenvalue weighted by Gasteiger charge is 2.24. The lowest BCUT2D eigenvalue weighted by Gasteiger charge is -2.26. The van der Waals surface area contributed by atoms with E-state index in [1.807, 2.05) is 12.1 Å². The summed E-state index contributed by atoms with van der Waals surface area (Å²) in [6.45, 7) is 5.19. The summed E-state index contributed by atoms with van der Waals surface area (Å²) in [6, 6.07) is 7.37. The molecule has 0 radical (unpaired) electrons. The van der Waals surface area contributed by atoms with Gasteiger partial charge < -0.3 is 10.4 Å². The molecule has 2 unspecified atom stereocenters. The number of hydrogen-bond acceptors (Lipinski definition) is 3. The van der Waals surface area contributed by atoms with Gasteiger partial charge >= 0.3 is 0 Å². The van der Waals surface area contributed by atoms with E-state index in [0.29, 0.717) is 0 Å². The van der Waals surface area contributed by atoms with Gasteiger partial charge in [-0.2, -0.15) is 0 Å². The highest BCUT2D eigenvalue weighted by molar-refractivity contribution is 5.21. The Balaban J connectivity index is 1.98. The van der Waals surface area contributed by atoms with Crippen LogP contribution in [0.25, 0.3) is 0 Å². The first-order valence-corrected chi connectivity index (χ1v) is 8.09. The maximum absolute atomic E-state index is 14.0. The predicted molar refractivity (Wildman–Crippen MR) is 83.7 cm³/mol. The van der Waals surface area contributed by atoms with E-state index in [2.05, 4.69) is 17.1 Å². The van der Waals surface area contributed by atoms with Gasteiger partial charge in [0.2, 0.25) is 0 Å². The van der Waals surface area contributed by atoms with Gasteiger partial charge in [0.15, 0.2) is 0 Å². The van der Waals surface area contributed by atoms with Crippen LogP contribution in [0.2, 0.25) is 0 Å². The maximum atomic E-state index is 14.0. The molecule has 21 heavy (non-hydrogen) atoms. The summed E-state index contributed by atoms with van der Waals surface area (Å²) in [6.07, 6.45) is 4.13. The molecule has 0 aromatic heterocycles. The lowest BCUT2D eigenvalue weighted by atomic mass is 10.0. The molecule has 118 valence electrons. The second kappa shape index (κ2) is 8.47. The van der Waals surface area contributed by atoms with Gasteiger partial charge in [-0.05, 0) is 44.8 Å². The van der Waals surface area contributed by atoms with E-state index >= 15 is 0 Å². The van der Waals surface area contributed by atoms with E-state index < -0.39 is 0 Å². The molecule has 2 atom stereocenters. The first-order valence-electron chi connectivity index (χ1n) is 8.09. The minimum atomic E-state index is -0.133. The number of rotatable bonds is 8. The van der Waals surface area contributed by atoms with Crippen LogP contribution in [0.5, 0.6) is 0 Å². The normalized spacial score (nSPS) is 20.8. The van der Waals surface area contributed by atoms with Crippen molar-refractivity contribution in [2.24, 2.45) is 0 Å². The van der Waals surface area contributed by atoms with Crippen molar-refractivity contribution in [3.63, 3.8) is 0 Å². The van der Waals surface area contributed by atoms with Crippen LogP contribution >= 0.6 is 0 Å². The first-order chi connectivity index (χ1) is 10.3. The van der Waals surface area contributed by atoms with Gasteiger partial charge in [-0.3, -0.25) is 4.90 Å². The highest BCUT2D eigenvalue weighted by atomic mass is 19.1. The zero-order chi connectivity index (χ0) is 15.1. The average Bonchev–Trinajstić information content (AvgIpc) is 2.96. The number of aliphatic hydroxyl groups is 1. The molecule has 3 nitrogen and oxygen atoms in total. The Morgan fingerprint density at radius 3 is 2.95 bits per heavy atom. The summed E-state index contributed by atoms with van der Waals surface area (Å²) in [5, 5.41) is 12.8. The number of nitrogens with zero attached hydrogens (tertiary/aromatic N) is 1. The monoisotopic (exact) mass is 294 g/mol. The van der Waals surface area contributed by atoms with Crippen LogP contribution in [-0.2, 0) is 0 Å². The molecule has 0 bridgehead atoms. The van der Waals surface area contributed by atoms with Crippen molar-refractivity contribution < 1.29 is 9.50 Å². The van der Waals surface area contributed by atoms with Crippen LogP contribution in [0.1, 0.15) is 44.2 Å². The second-order valence-electron chi connectivity index (χ2n) is 5.83. The Kier molecular flexibility index (Phi) is 6.61. The molecular weight excluding hydrogens is 267 g/mol. The van der Waals surface area contributed by atoms with Crippen molar-refractivity contribution in [1.29, 1.82) is 0 Å². The SMILES string of the molecule is CCCNC(CCN1CCCC1CO)c1ccccc1F. The van der Waals surface area contributed by atoms with Gasteiger partial charge in [0.25, 0.3) is 0 Å². The number of nitrogens with one attached hydrogen (secondary N) is 1. The van der Waals surface area contributed by atoms with Crippen molar-refractivity contribution in [1.82, 2.24) is 10.2 Å². The smallest absolute Gasteiger partial charge is 0.127 e. The number of aliphatic hydroxyl groups excluding tert-OH is 1. The van der Waals surface area contributed by atoms with Gasteiger partial charge in [0.05, 0.1) is 6.61 Å². The quantitative estimate of drug-likeness (QED) is 0.774. The second-order valence-corrected chi connectivity index (χ2v) is 5.83. The minimum absolute atomic E-state index is 0.0473. The Labute approximate surface area is 127 Å². The van der Waals surface area contributed by atoms with Crippen molar-refractivity contribution in [2.45, 2.75) is 44.7 Å². The van der Waals surface area contributed by atoms with Crippen LogP contribution in [0, 0.1) is 5.82 Å². The molecule has 0 spiro atoms. The Morgan fingerprint density at radius 1 is 1.43 bits per heavy atom. The fourth-order valence-corrected chi connectivity index (χ4v) is 3.13. The summed E-state index contributed by atoms with van der Waals surface area (Å²) in [4.78, 5) is 2.33. The molecule has 0 aliphatic carbocycles. The third kappa shape index (κ3) is 4.50. The Hall–Kier alpha value is -0.970. The van der Waals surface area contributed by atoms with E-state index in [-0.39, 0.29) is 24.5 Å². The molecule has 1 aromatic carbocycles. The fraction of sp³-hybridized carbons (Fsp3) is 0.647. The Morgan fingerprint density at radius 2 is 2.24 bits per heavy atom. The molecule has 1 aliphatic heterocycles. The molecule has 1 aliphatic rings. The van der Waals surface area contributed by atoms with Gasteiger partial charge in [-0.25, -0.2) is 4.39 Å². The summed E-state index contributed by atoms with van der Waals surface area (Å²) in [7, 11) is 0. The van der Waals surface area contributed by atoms with Gasteiger partial charge in [-0.15, -0.1) is 0 Å². The fourth-order valence-electron chi connectivity index (χ4n) is 3.13. The van der Waals surface area contributed by atoms with Crippen LogP contribution in [0.4, 0.5) is 4.39 Å². The van der Waals surface area contributed by atoms with Crippen molar-refractivity contribution >= 4 is 0 Å². The predicted octanol–water partition coefficient (Wildman–Crippen LogP) is 2.71. The highest BCUT2D eigenvalue weighted by Crippen LogP contribution is 2.23. The van der Waals surface area contributed by atoms with Gasteiger partial charge in [0, 0.05) is 24.2 Å². The molecule has 2 N–H and O–H groups in total. The van der Waals surface area contributed by atoms with Crippen LogP contribution in [-0.4, -0.2) is 42.3 Å². The molecule has 1 heterocycles. The Bertz CT molecular complexity index is 427. The maximum Gasteiger partial charge on any atom is 0.127 e. The van der Waals surface area contributed by atoms with Crippen molar-refractivity contribution in [3.8, 4) is 0 Å². The lowest BCUT2D eigenvalue weighted by molar-refractivity contribution is 0.153. The number of likely N-dealkylation sites (tertiary alicyclic amines) is 1. The average molecular weight is 294 g/mol. The molecule has 1 saturated heterocycles. The third-order valence-electron chi connectivity index (χ3n) is 4.34. The molecule has 1 fully saturated rings. The van der Waals surface area contributed by atoms with Crippen molar-refractivity contribution in [3.05, 3.63) is 35.6 Å². The van der Waals surface area contributed by atoms with Crippen LogP contribution in [0.15, 0.2) is 24.3 Å². The molecular formula is C17H27FN2O. The number of benzene rings is 1. The molecule has 4 heteroatoms. The topological polar surface area (TPSA) is 35.5 Å². The zero-order valence-electron chi connectivity index (χ0n) is 12.9. The summed E-state index contributed by atoms with van der Waals surface area (Å²) in [5.41, 5.74) is 0.755. The largest absolute Gasteiger partial charge is 0.395 e. The summed E-state index contributed by atoms with van der Waals surface area (Å²) >= 11 is 0. The minimum Gasteiger partial charge on any atom is -0.395 e. The zero-order valence-corrected chi connectivity index (χ0v) is 12.9. The molecule has 1 aromatic rings. The van der Waals surface area contributed by atoms with E-state index in [9.17, 15) is 9.50 Å². The molecule has 0 saturated carbocycles. The van der Waals surface area contributed by atoms with Crippen LogP contribution < -0.4 is 5.32 Å². The van der Waals surface area contributed by atoms with Gasteiger partial charge in [-0.1, -0.05) is 25.1 Å². The first kappa shape index (κ1) is 16.4. The summed E-state index contributed by atoms with van der Waals surface area (Å²) in [5.74, 6) is -0.133.